The number of piperidine rings is 1. The minimum atomic E-state index is -3.76. The highest BCUT2D eigenvalue weighted by atomic mass is 32.2. The van der Waals surface area contributed by atoms with Crippen molar-refractivity contribution < 1.29 is 22.7 Å². The van der Waals surface area contributed by atoms with E-state index in [-0.39, 0.29) is 17.5 Å². The van der Waals surface area contributed by atoms with Crippen LogP contribution >= 0.6 is 0 Å². The second-order valence-corrected chi connectivity index (χ2v) is 9.64. The van der Waals surface area contributed by atoms with Crippen molar-refractivity contribution in [2.24, 2.45) is 0 Å². The molecule has 0 bridgehead atoms. The molecule has 1 spiro atoms. The Morgan fingerprint density at radius 2 is 1.83 bits per heavy atom. The molecule has 10 heteroatoms. The lowest BCUT2D eigenvalue weighted by Gasteiger charge is -2.37. The Morgan fingerprint density at radius 1 is 1.10 bits per heavy atom. The Morgan fingerprint density at radius 3 is 2.60 bits per heavy atom. The van der Waals surface area contributed by atoms with Gasteiger partial charge in [0.1, 0.15) is 6.54 Å². The molecular formula is C20H24N4O5S. The molecular weight excluding hydrogens is 408 g/mol. The van der Waals surface area contributed by atoms with E-state index in [0.29, 0.717) is 57.8 Å². The Balaban J connectivity index is 1.25. The van der Waals surface area contributed by atoms with E-state index < -0.39 is 15.8 Å². The molecule has 1 amide bonds. The highest BCUT2D eigenvalue weighted by molar-refractivity contribution is 7.92. The van der Waals surface area contributed by atoms with Crippen molar-refractivity contribution in [2.45, 2.75) is 36.6 Å². The maximum absolute atomic E-state index is 13.1. The molecule has 0 atom stereocenters. The summed E-state index contributed by atoms with van der Waals surface area (Å²) in [5.74, 6) is -0.602. The summed E-state index contributed by atoms with van der Waals surface area (Å²) in [6.07, 6.45) is 4.82. The maximum Gasteiger partial charge on any atom is 0.283 e. The van der Waals surface area contributed by atoms with Crippen molar-refractivity contribution >= 4 is 21.6 Å². The number of hydrogen-bond donors (Lipinski definition) is 0. The zero-order valence-corrected chi connectivity index (χ0v) is 17.4. The number of carbonyl (C=O) groups is 1. The molecule has 0 aliphatic carbocycles. The van der Waals surface area contributed by atoms with Gasteiger partial charge in [-0.05, 0) is 18.1 Å². The van der Waals surface area contributed by atoms with Crippen LogP contribution < -0.4 is 4.31 Å². The molecule has 160 valence electrons. The summed E-state index contributed by atoms with van der Waals surface area (Å²) in [5, 5.41) is -0.0441. The molecule has 2 aromatic rings. The molecule has 3 aliphatic rings. The van der Waals surface area contributed by atoms with Crippen LogP contribution in [-0.4, -0.2) is 67.4 Å². The van der Waals surface area contributed by atoms with Crippen molar-refractivity contribution in [2.75, 3.05) is 37.2 Å². The van der Waals surface area contributed by atoms with Gasteiger partial charge in [0.05, 0.1) is 25.2 Å². The van der Waals surface area contributed by atoms with Crippen molar-refractivity contribution in [1.82, 2.24) is 14.5 Å². The van der Waals surface area contributed by atoms with Gasteiger partial charge < -0.3 is 18.9 Å². The number of aromatic nitrogens is 2. The number of benzene rings is 1. The fourth-order valence-corrected chi connectivity index (χ4v) is 5.81. The number of anilines is 1. The number of rotatable bonds is 4. The summed E-state index contributed by atoms with van der Waals surface area (Å²) in [6.45, 7) is 2.76. The summed E-state index contributed by atoms with van der Waals surface area (Å²) in [6, 6.07) is 7.48. The predicted octanol–water partition coefficient (Wildman–Crippen LogP) is 1.00. The Labute approximate surface area is 175 Å². The lowest BCUT2D eigenvalue weighted by Crippen LogP contribution is -2.48. The van der Waals surface area contributed by atoms with E-state index in [2.05, 4.69) is 4.98 Å². The van der Waals surface area contributed by atoms with Crippen molar-refractivity contribution in [1.29, 1.82) is 0 Å². The van der Waals surface area contributed by atoms with Crippen LogP contribution in [0.5, 0.6) is 0 Å². The average molecular weight is 433 g/mol. The predicted molar refractivity (Wildman–Crippen MR) is 107 cm³/mol. The number of nitrogens with zero attached hydrogens (tertiary/aromatic N) is 4. The highest BCUT2D eigenvalue weighted by Crippen LogP contribution is 2.33. The second kappa shape index (κ2) is 7.36. The van der Waals surface area contributed by atoms with Gasteiger partial charge in [0.2, 0.25) is 5.91 Å². The largest absolute Gasteiger partial charge is 0.347 e. The fraction of sp³-hybridized carbons (Fsp3) is 0.500. The Hall–Kier alpha value is -2.43. The standard InChI is InChI=1S/C20H24N4O5S/c25-19(23-9-6-20(7-10-23)28-11-12-29-20)14-22-13-18(21-15-22)30(26,27)24-8-5-16-3-1-2-4-17(16)24/h1-4,13,15H,5-12,14H2. The summed E-state index contributed by atoms with van der Waals surface area (Å²) < 4.78 is 40.5. The number of para-hydroxylation sites is 1. The summed E-state index contributed by atoms with van der Waals surface area (Å²) in [4.78, 5) is 18.5. The van der Waals surface area contributed by atoms with E-state index in [9.17, 15) is 13.2 Å². The lowest BCUT2D eigenvalue weighted by atomic mass is 10.0. The van der Waals surface area contributed by atoms with Crippen LogP contribution in [0.15, 0.2) is 41.8 Å². The quantitative estimate of drug-likeness (QED) is 0.716. The van der Waals surface area contributed by atoms with E-state index in [1.165, 1.54) is 21.4 Å². The lowest BCUT2D eigenvalue weighted by molar-refractivity contribution is -0.187. The molecule has 2 saturated heterocycles. The molecule has 1 aromatic heterocycles. The van der Waals surface area contributed by atoms with Crippen LogP contribution in [0.2, 0.25) is 0 Å². The normalized spacial score (nSPS) is 20.7. The number of hydrogen-bond acceptors (Lipinski definition) is 6. The molecule has 0 unspecified atom stereocenters. The molecule has 1 aromatic carbocycles. The zero-order valence-electron chi connectivity index (χ0n) is 16.6. The van der Waals surface area contributed by atoms with E-state index in [1.807, 2.05) is 18.2 Å². The van der Waals surface area contributed by atoms with Gasteiger partial charge in [-0.25, -0.2) is 4.98 Å². The van der Waals surface area contributed by atoms with Crippen LogP contribution in [0.1, 0.15) is 18.4 Å². The topological polar surface area (TPSA) is 94.0 Å². The Bertz CT molecular complexity index is 1050. The molecule has 0 radical (unpaired) electrons. The van der Waals surface area contributed by atoms with Gasteiger partial charge in [-0.3, -0.25) is 9.10 Å². The minimum absolute atomic E-state index is 0.0441. The van der Waals surface area contributed by atoms with E-state index >= 15 is 0 Å². The molecule has 0 N–H and O–H groups in total. The molecule has 4 heterocycles. The van der Waals surface area contributed by atoms with Crippen LogP contribution in [0.25, 0.3) is 0 Å². The first-order valence-corrected chi connectivity index (χ1v) is 11.6. The van der Waals surface area contributed by atoms with Gasteiger partial charge in [-0.1, -0.05) is 18.2 Å². The first-order valence-electron chi connectivity index (χ1n) is 10.2. The summed E-state index contributed by atoms with van der Waals surface area (Å²) >= 11 is 0. The first-order chi connectivity index (χ1) is 14.5. The molecule has 9 nitrogen and oxygen atoms in total. The van der Waals surface area contributed by atoms with Gasteiger partial charge in [-0.2, -0.15) is 8.42 Å². The molecule has 5 rings (SSSR count). The number of sulfonamides is 1. The number of amides is 1. The molecule has 30 heavy (non-hydrogen) atoms. The SMILES string of the molecule is O=C(Cn1cnc(S(=O)(=O)N2CCc3ccccc32)c1)N1CCC2(CC1)OCCO2. The van der Waals surface area contributed by atoms with Crippen molar-refractivity contribution in [3.05, 3.63) is 42.4 Å². The highest BCUT2D eigenvalue weighted by Gasteiger charge is 2.40. The zero-order chi connectivity index (χ0) is 20.8. The van der Waals surface area contributed by atoms with Gasteiger partial charge in [-0.15, -0.1) is 0 Å². The monoisotopic (exact) mass is 432 g/mol. The fourth-order valence-electron chi connectivity index (χ4n) is 4.37. The van der Waals surface area contributed by atoms with Crippen LogP contribution in [0.4, 0.5) is 5.69 Å². The maximum atomic E-state index is 13.1. The summed E-state index contributed by atoms with van der Waals surface area (Å²) in [7, 11) is -3.76. The number of likely N-dealkylation sites (tertiary alicyclic amines) is 1. The van der Waals surface area contributed by atoms with Crippen LogP contribution in [0.3, 0.4) is 0 Å². The third kappa shape index (κ3) is 3.38. The van der Waals surface area contributed by atoms with E-state index in [1.54, 1.807) is 11.0 Å². The third-order valence-electron chi connectivity index (χ3n) is 6.02. The Kier molecular flexibility index (Phi) is 4.79. The van der Waals surface area contributed by atoms with Gasteiger partial charge >= 0.3 is 0 Å². The molecule has 2 fully saturated rings. The smallest absolute Gasteiger partial charge is 0.283 e. The van der Waals surface area contributed by atoms with Crippen molar-refractivity contribution in [3.63, 3.8) is 0 Å². The van der Waals surface area contributed by atoms with Gasteiger partial charge in [0.25, 0.3) is 10.0 Å². The molecule has 0 saturated carbocycles. The van der Waals surface area contributed by atoms with Gasteiger partial charge in [0, 0.05) is 38.7 Å². The molecule has 3 aliphatic heterocycles. The number of fused-ring (bicyclic) bond motifs is 1. The van der Waals surface area contributed by atoms with Crippen LogP contribution in [0, 0.1) is 0 Å². The third-order valence-corrected chi connectivity index (χ3v) is 7.72. The first kappa shape index (κ1) is 19.5. The number of carbonyl (C=O) groups excluding carboxylic acids is 1. The number of ether oxygens (including phenoxy) is 2. The van der Waals surface area contributed by atoms with Gasteiger partial charge in [0.15, 0.2) is 10.8 Å². The van der Waals surface area contributed by atoms with Crippen LogP contribution in [-0.2, 0) is 37.3 Å². The van der Waals surface area contributed by atoms with E-state index in [0.717, 1.165) is 5.56 Å². The number of imidazole rings is 1. The van der Waals surface area contributed by atoms with E-state index in [4.69, 9.17) is 9.47 Å². The second-order valence-electron chi connectivity index (χ2n) is 7.83. The average Bonchev–Trinajstić information content (AvgIpc) is 3.48. The van der Waals surface area contributed by atoms with Crippen molar-refractivity contribution in [3.8, 4) is 0 Å². The minimum Gasteiger partial charge on any atom is -0.347 e. The summed E-state index contributed by atoms with van der Waals surface area (Å²) in [5.41, 5.74) is 1.70.